The van der Waals surface area contributed by atoms with Crippen molar-refractivity contribution in [3.8, 4) is 10.8 Å². The normalized spacial score (nSPS) is 10.8. The number of aryl methyl sites for hydroxylation is 1. The number of aromatic nitrogens is 2. The molecule has 1 aromatic carbocycles. The van der Waals surface area contributed by atoms with Gasteiger partial charge in [0.1, 0.15) is 0 Å². The second-order valence-electron chi connectivity index (χ2n) is 5.94. The smallest absolute Gasteiger partial charge is 0.277 e. The zero-order valence-corrected chi connectivity index (χ0v) is 16.5. The largest absolute Gasteiger partial charge is 0.410 e. The van der Waals surface area contributed by atoms with Crippen molar-refractivity contribution in [1.29, 1.82) is 0 Å². The number of nitrogens with zero attached hydrogens (tertiary/aromatic N) is 3. The minimum Gasteiger partial charge on any atom is -0.410 e. The lowest BCUT2D eigenvalue weighted by Gasteiger charge is -2.22. The van der Waals surface area contributed by atoms with Crippen LogP contribution in [0.2, 0.25) is 0 Å². The fourth-order valence-electron chi connectivity index (χ4n) is 2.46. The van der Waals surface area contributed by atoms with E-state index in [0.717, 1.165) is 23.4 Å². The van der Waals surface area contributed by atoms with Crippen molar-refractivity contribution in [1.82, 2.24) is 15.1 Å². The van der Waals surface area contributed by atoms with E-state index in [0.29, 0.717) is 17.7 Å². The molecule has 2 heterocycles. The number of hydrogen-bond donors (Lipinski definition) is 0. The zero-order valence-electron chi connectivity index (χ0n) is 14.8. The van der Waals surface area contributed by atoms with Crippen molar-refractivity contribution >= 4 is 29.0 Å². The van der Waals surface area contributed by atoms with Crippen molar-refractivity contribution in [3.05, 3.63) is 52.9 Å². The summed E-state index contributed by atoms with van der Waals surface area (Å²) < 4.78 is 5.63. The molecule has 0 aliphatic heterocycles. The number of hydrogen-bond acceptors (Lipinski definition) is 6. The van der Waals surface area contributed by atoms with Crippen molar-refractivity contribution in [3.63, 3.8) is 0 Å². The highest BCUT2D eigenvalue weighted by molar-refractivity contribution is 7.99. The summed E-state index contributed by atoms with van der Waals surface area (Å²) in [6.07, 6.45) is 0.922. The lowest BCUT2D eigenvalue weighted by molar-refractivity contribution is -0.129. The first-order chi connectivity index (χ1) is 12.7. The van der Waals surface area contributed by atoms with Gasteiger partial charge in [-0.1, -0.05) is 54.6 Å². The first-order valence-electron chi connectivity index (χ1n) is 8.49. The van der Waals surface area contributed by atoms with Gasteiger partial charge >= 0.3 is 0 Å². The van der Waals surface area contributed by atoms with Gasteiger partial charge in [-0.25, -0.2) is 0 Å². The van der Waals surface area contributed by atoms with Gasteiger partial charge in [0.05, 0.1) is 10.6 Å². The predicted molar refractivity (Wildman–Crippen MR) is 105 cm³/mol. The topological polar surface area (TPSA) is 59.2 Å². The fourth-order valence-corrected chi connectivity index (χ4v) is 3.77. The van der Waals surface area contributed by atoms with Crippen LogP contribution in [0.4, 0.5) is 0 Å². The molecule has 0 saturated heterocycles. The molecule has 136 valence electrons. The molecule has 0 radical (unpaired) electrons. The van der Waals surface area contributed by atoms with E-state index in [1.54, 1.807) is 11.3 Å². The summed E-state index contributed by atoms with van der Waals surface area (Å²) >= 11 is 2.83. The number of thioether (sulfide) groups is 1. The highest BCUT2D eigenvalue weighted by atomic mass is 32.2. The molecule has 0 N–H and O–H groups in total. The number of thiophene rings is 1. The molecule has 0 spiro atoms. The third-order valence-corrected chi connectivity index (χ3v) is 5.46. The molecule has 0 aliphatic rings. The van der Waals surface area contributed by atoms with E-state index in [2.05, 4.69) is 48.3 Å². The summed E-state index contributed by atoms with van der Waals surface area (Å²) in [7, 11) is 0. The first-order valence-corrected chi connectivity index (χ1v) is 10.4. The lowest BCUT2D eigenvalue weighted by Crippen LogP contribution is -2.32. The third kappa shape index (κ3) is 4.95. The van der Waals surface area contributed by atoms with Gasteiger partial charge in [0.2, 0.25) is 5.91 Å². The number of amides is 1. The average Bonchev–Trinajstić information content (AvgIpc) is 3.32. The van der Waals surface area contributed by atoms with Gasteiger partial charge in [-0.15, -0.1) is 21.5 Å². The molecule has 0 bridgehead atoms. The van der Waals surface area contributed by atoms with Gasteiger partial charge in [0, 0.05) is 13.1 Å². The molecule has 0 fully saturated rings. The number of carbonyl (C=O) groups is 1. The van der Waals surface area contributed by atoms with Crippen LogP contribution in [0.5, 0.6) is 0 Å². The Morgan fingerprint density at radius 2 is 2.04 bits per heavy atom. The Morgan fingerprint density at radius 1 is 1.23 bits per heavy atom. The van der Waals surface area contributed by atoms with Crippen LogP contribution in [0.3, 0.4) is 0 Å². The molecular formula is C19H21N3O2S2. The summed E-state index contributed by atoms with van der Waals surface area (Å²) in [6.45, 7) is 5.49. The Hall–Kier alpha value is -2.12. The van der Waals surface area contributed by atoms with Gasteiger partial charge in [0.15, 0.2) is 0 Å². The SMILES string of the molecule is CCCN(Cc1ccc(C)cc1)C(=O)CSc1nnc(-c2cccs2)o1. The Morgan fingerprint density at radius 3 is 2.73 bits per heavy atom. The molecule has 0 aliphatic carbocycles. The van der Waals surface area contributed by atoms with E-state index in [9.17, 15) is 4.79 Å². The van der Waals surface area contributed by atoms with Crippen molar-refractivity contribution in [2.24, 2.45) is 0 Å². The molecule has 5 nitrogen and oxygen atoms in total. The van der Waals surface area contributed by atoms with Crippen molar-refractivity contribution in [2.75, 3.05) is 12.3 Å². The van der Waals surface area contributed by atoms with E-state index >= 15 is 0 Å². The summed E-state index contributed by atoms with van der Waals surface area (Å²) in [5, 5.41) is 10.5. The minimum atomic E-state index is 0.0771. The van der Waals surface area contributed by atoms with E-state index in [1.165, 1.54) is 17.3 Å². The molecule has 1 amide bonds. The highest BCUT2D eigenvalue weighted by Gasteiger charge is 2.16. The van der Waals surface area contributed by atoms with Crippen molar-refractivity contribution in [2.45, 2.75) is 32.0 Å². The summed E-state index contributed by atoms with van der Waals surface area (Å²) in [6, 6.07) is 12.2. The third-order valence-electron chi connectivity index (χ3n) is 3.80. The number of rotatable bonds is 8. The summed E-state index contributed by atoms with van der Waals surface area (Å²) in [5.41, 5.74) is 2.36. The summed E-state index contributed by atoms with van der Waals surface area (Å²) in [5.74, 6) is 0.867. The van der Waals surface area contributed by atoms with Crippen LogP contribution in [0, 0.1) is 6.92 Å². The van der Waals surface area contributed by atoms with Crippen LogP contribution in [0.25, 0.3) is 10.8 Å². The fraction of sp³-hybridized carbons (Fsp3) is 0.316. The lowest BCUT2D eigenvalue weighted by atomic mass is 10.1. The second kappa shape index (κ2) is 9.00. The molecule has 3 rings (SSSR count). The molecule has 3 aromatic rings. The Balaban J connectivity index is 1.58. The van der Waals surface area contributed by atoms with E-state index in [1.807, 2.05) is 22.4 Å². The second-order valence-corrected chi connectivity index (χ2v) is 7.81. The number of carbonyl (C=O) groups excluding carboxylic acids is 1. The van der Waals surface area contributed by atoms with Crippen LogP contribution in [-0.4, -0.2) is 33.3 Å². The monoisotopic (exact) mass is 387 g/mol. The highest BCUT2D eigenvalue weighted by Crippen LogP contribution is 2.26. The molecule has 0 unspecified atom stereocenters. The maximum Gasteiger partial charge on any atom is 0.277 e. The van der Waals surface area contributed by atoms with Crippen LogP contribution in [0.1, 0.15) is 24.5 Å². The average molecular weight is 388 g/mol. The standard InChI is InChI=1S/C19H21N3O2S2/c1-3-10-22(12-15-8-6-14(2)7-9-15)17(23)13-26-19-21-20-18(24-19)16-5-4-11-25-16/h4-9,11H,3,10,12-13H2,1-2H3. The van der Waals surface area contributed by atoms with E-state index < -0.39 is 0 Å². The van der Waals surface area contributed by atoms with E-state index in [4.69, 9.17) is 4.42 Å². The summed E-state index contributed by atoms with van der Waals surface area (Å²) in [4.78, 5) is 15.4. The molecular weight excluding hydrogens is 366 g/mol. The number of benzene rings is 1. The predicted octanol–water partition coefficient (Wildman–Crippen LogP) is 4.64. The first kappa shape index (κ1) is 18.7. The minimum absolute atomic E-state index is 0.0771. The van der Waals surface area contributed by atoms with E-state index in [-0.39, 0.29) is 11.7 Å². The van der Waals surface area contributed by atoms with Gasteiger partial charge in [-0.3, -0.25) is 4.79 Å². The van der Waals surface area contributed by atoms with Crippen molar-refractivity contribution < 1.29 is 9.21 Å². The van der Waals surface area contributed by atoms with Gasteiger partial charge in [-0.2, -0.15) is 0 Å². The maximum atomic E-state index is 12.6. The Bertz CT molecular complexity index is 829. The van der Waals surface area contributed by atoms with Gasteiger partial charge in [-0.05, 0) is 30.4 Å². The van der Waals surface area contributed by atoms with Crippen LogP contribution >= 0.6 is 23.1 Å². The van der Waals surface area contributed by atoms with Crippen LogP contribution in [-0.2, 0) is 11.3 Å². The Kier molecular flexibility index (Phi) is 6.46. The van der Waals surface area contributed by atoms with Crippen LogP contribution in [0.15, 0.2) is 51.4 Å². The quantitative estimate of drug-likeness (QED) is 0.527. The zero-order chi connectivity index (χ0) is 18.4. The maximum absolute atomic E-state index is 12.6. The van der Waals surface area contributed by atoms with Gasteiger partial charge < -0.3 is 9.32 Å². The Labute approximate surface area is 161 Å². The van der Waals surface area contributed by atoms with Crippen LogP contribution < -0.4 is 0 Å². The molecule has 2 aromatic heterocycles. The molecule has 0 atom stereocenters. The van der Waals surface area contributed by atoms with Gasteiger partial charge in [0.25, 0.3) is 11.1 Å². The molecule has 0 saturated carbocycles. The molecule has 26 heavy (non-hydrogen) atoms. The molecule has 7 heteroatoms.